The van der Waals surface area contributed by atoms with Crippen LogP contribution in [-0.4, -0.2) is 15.0 Å². The molecule has 0 aliphatic rings. The summed E-state index contributed by atoms with van der Waals surface area (Å²) in [5.74, 6) is 0. The molecule has 0 N–H and O–H groups in total. The molecule has 0 amide bonds. The zero-order valence-corrected chi connectivity index (χ0v) is 12.2. The summed E-state index contributed by atoms with van der Waals surface area (Å²) < 4.78 is 2.99. The standard InChI is InChI=1S/C12H15ISe/c1-2-3-5-10-12(13)14-11-8-6-4-7-9-11/h4,6-10H,2-3,5H2,1H3/b12-10+. The molecule has 0 heterocycles. The third kappa shape index (κ3) is 5.18. The second-order valence-corrected chi connectivity index (χ2v) is 8.21. The Morgan fingerprint density at radius 1 is 1.36 bits per heavy atom. The summed E-state index contributed by atoms with van der Waals surface area (Å²) >= 11 is 3.00. The minimum atomic E-state index is 0.523. The van der Waals surface area contributed by atoms with E-state index < -0.39 is 0 Å². The SMILES string of the molecule is CCCC/C=C(\I)[Se]c1ccccc1. The monoisotopic (exact) mass is 366 g/mol. The van der Waals surface area contributed by atoms with Crippen LogP contribution in [0.5, 0.6) is 0 Å². The van der Waals surface area contributed by atoms with Gasteiger partial charge in [0, 0.05) is 0 Å². The molecule has 0 aromatic heterocycles. The van der Waals surface area contributed by atoms with Gasteiger partial charge in [0.2, 0.25) is 0 Å². The molecule has 0 saturated carbocycles. The van der Waals surface area contributed by atoms with E-state index in [0.29, 0.717) is 15.0 Å². The van der Waals surface area contributed by atoms with Crippen molar-refractivity contribution in [1.29, 1.82) is 0 Å². The third-order valence-electron chi connectivity index (χ3n) is 1.82. The van der Waals surface area contributed by atoms with Crippen LogP contribution in [-0.2, 0) is 0 Å². The van der Waals surface area contributed by atoms with E-state index in [9.17, 15) is 0 Å². The predicted molar refractivity (Wildman–Crippen MR) is 73.5 cm³/mol. The maximum atomic E-state index is 2.47. The summed E-state index contributed by atoms with van der Waals surface area (Å²) in [6.07, 6.45) is 6.23. The second kappa shape index (κ2) is 7.49. The summed E-state index contributed by atoms with van der Waals surface area (Å²) in [6.45, 7) is 2.24. The van der Waals surface area contributed by atoms with Crippen LogP contribution in [0.15, 0.2) is 38.9 Å². The maximum absolute atomic E-state index is 2.47. The molecule has 76 valence electrons. The van der Waals surface area contributed by atoms with Crippen molar-refractivity contribution in [2.75, 3.05) is 0 Å². The number of halogens is 1. The fourth-order valence-electron chi connectivity index (χ4n) is 1.06. The Hall–Kier alpha value is 0.209. The Balaban J connectivity index is 2.40. The van der Waals surface area contributed by atoms with E-state index in [0.717, 1.165) is 0 Å². The normalized spacial score (nSPS) is 11.7. The van der Waals surface area contributed by atoms with E-state index >= 15 is 0 Å². The van der Waals surface area contributed by atoms with Crippen molar-refractivity contribution in [1.82, 2.24) is 0 Å². The van der Waals surface area contributed by atoms with Crippen LogP contribution in [0, 0.1) is 0 Å². The van der Waals surface area contributed by atoms with Gasteiger partial charge in [-0.15, -0.1) is 0 Å². The van der Waals surface area contributed by atoms with Crippen molar-refractivity contribution in [2.24, 2.45) is 0 Å². The molecule has 0 bridgehead atoms. The quantitative estimate of drug-likeness (QED) is 0.426. The van der Waals surface area contributed by atoms with Gasteiger partial charge in [0.25, 0.3) is 0 Å². The minimum absolute atomic E-state index is 0.523. The van der Waals surface area contributed by atoms with E-state index in [1.165, 1.54) is 26.2 Å². The molecule has 2 heteroatoms. The number of allylic oxidation sites excluding steroid dienone is 1. The zero-order chi connectivity index (χ0) is 10.2. The molecule has 0 aliphatic heterocycles. The van der Waals surface area contributed by atoms with Crippen LogP contribution in [0.1, 0.15) is 26.2 Å². The first-order valence-electron chi connectivity index (χ1n) is 4.91. The summed E-state index contributed by atoms with van der Waals surface area (Å²) in [5.41, 5.74) is 0. The van der Waals surface area contributed by atoms with E-state index in [4.69, 9.17) is 0 Å². The van der Waals surface area contributed by atoms with Crippen LogP contribution in [0.3, 0.4) is 0 Å². The number of unbranched alkanes of at least 4 members (excludes halogenated alkanes) is 2. The van der Waals surface area contributed by atoms with Gasteiger partial charge < -0.3 is 0 Å². The third-order valence-corrected chi connectivity index (χ3v) is 5.23. The van der Waals surface area contributed by atoms with Crippen LogP contribution in [0.2, 0.25) is 0 Å². The van der Waals surface area contributed by atoms with Gasteiger partial charge in [-0.25, -0.2) is 0 Å². The molecule has 1 aromatic rings. The molecule has 0 unspecified atom stereocenters. The average molecular weight is 365 g/mol. The van der Waals surface area contributed by atoms with Crippen molar-refractivity contribution < 1.29 is 0 Å². The fourth-order valence-corrected chi connectivity index (χ4v) is 4.20. The molecule has 0 nitrogen and oxygen atoms in total. The molecule has 14 heavy (non-hydrogen) atoms. The van der Waals surface area contributed by atoms with E-state index in [1.54, 1.807) is 0 Å². The van der Waals surface area contributed by atoms with Gasteiger partial charge in [0.15, 0.2) is 0 Å². The van der Waals surface area contributed by atoms with Gasteiger partial charge in [0.1, 0.15) is 0 Å². The van der Waals surface area contributed by atoms with Crippen molar-refractivity contribution >= 4 is 42.0 Å². The zero-order valence-electron chi connectivity index (χ0n) is 8.37. The van der Waals surface area contributed by atoms with Gasteiger partial charge in [-0.05, 0) is 0 Å². The van der Waals surface area contributed by atoms with Gasteiger partial charge >= 0.3 is 107 Å². The van der Waals surface area contributed by atoms with Crippen molar-refractivity contribution in [2.45, 2.75) is 26.2 Å². The average Bonchev–Trinajstić information content (AvgIpc) is 2.20. The van der Waals surface area contributed by atoms with Gasteiger partial charge in [-0.3, -0.25) is 0 Å². The Morgan fingerprint density at radius 3 is 2.71 bits per heavy atom. The molecular formula is C12H15ISe. The Morgan fingerprint density at radius 2 is 2.07 bits per heavy atom. The van der Waals surface area contributed by atoms with Crippen molar-refractivity contribution in [3.63, 3.8) is 0 Å². The van der Waals surface area contributed by atoms with Crippen LogP contribution in [0.25, 0.3) is 0 Å². The predicted octanol–water partition coefficient (Wildman–Crippen LogP) is 3.48. The van der Waals surface area contributed by atoms with E-state index in [2.05, 4.69) is 65.9 Å². The van der Waals surface area contributed by atoms with Crippen LogP contribution < -0.4 is 4.46 Å². The molecule has 0 spiro atoms. The molecular weight excluding hydrogens is 350 g/mol. The molecule has 0 saturated heterocycles. The number of benzene rings is 1. The summed E-state index contributed by atoms with van der Waals surface area (Å²) in [6, 6.07) is 10.7. The molecule has 1 rings (SSSR count). The van der Waals surface area contributed by atoms with E-state index in [1.807, 2.05) is 0 Å². The summed E-state index contributed by atoms with van der Waals surface area (Å²) in [4.78, 5) is 0. The van der Waals surface area contributed by atoms with Gasteiger partial charge in [-0.1, -0.05) is 0 Å². The van der Waals surface area contributed by atoms with Crippen LogP contribution in [0.4, 0.5) is 0 Å². The first-order valence-corrected chi connectivity index (χ1v) is 7.70. The van der Waals surface area contributed by atoms with Crippen molar-refractivity contribution in [3.05, 3.63) is 38.9 Å². The number of hydrogen-bond donors (Lipinski definition) is 0. The van der Waals surface area contributed by atoms with Crippen LogP contribution >= 0.6 is 22.6 Å². The topological polar surface area (TPSA) is 0 Å². The Labute approximate surface area is 106 Å². The molecule has 0 radical (unpaired) electrons. The fraction of sp³-hybridized carbons (Fsp3) is 0.333. The first-order chi connectivity index (χ1) is 6.83. The number of hydrogen-bond acceptors (Lipinski definition) is 0. The Kier molecular flexibility index (Phi) is 6.57. The van der Waals surface area contributed by atoms with Gasteiger partial charge in [-0.2, -0.15) is 0 Å². The Bertz CT molecular complexity index is 280. The van der Waals surface area contributed by atoms with Gasteiger partial charge in [0.05, 0.1) is 0 Å². The summed E-state index contributed by atoms with van der Waals surface area (Å²) in [7, 11) is 0. The molecule has 0 atom stereocenters. The molecule has 1 aromatic carbocycles. The number of rotatable bonds is 5. The molecule has 0 aliphatic carbocycles. The first kappa shape index (κ1) is 12.3. The van der Waals surface area contributed by atoms with E-state index in [-0.39, 0.29) is 0 Å². The van der Waals surface area contributed by atoms with Crippen molar-refractivity contribution in [3.8, 4) is 0 Å². The second-order valence-electron chi connectivity index (χ2n) is 3.07. The molecule has 0 fully saturated rings. The summed E-state index contributed by atoms with van der Waals surface area (Å²) in [5, 5.41) is 0.